The van der Waals surface area contributed by atoms with E-state index in [4.69, 9.17) is 0 Å². The third kappa shape index (κ3) is 5.83. The van der Waals surface area contributed by atoms with Crippen LogP contribution in [-0.2, 0) is 28.0 Å². The average molecular weight is 565 g/mol. The van der Waals surface area contributed by atoms with Gasteiger partial charge in [0, 0.05) is 19.2 Å². The van der Waals surface area contributed by atoms with Crippen molar-refractivity contribution in [2.24, 2.45) is 7.05 Å². The van der Waals surface area contributed by atoms with E-state index in [-0.39, 0.29) is 19.5 Å². The molecule has 1 heterocycles. The number of nitriles is 1. The SMILES string of the molecule is CCS(=O)(=O)N(C(=O)/C=C/c1cccc(C)c1)c1cc(-n2c(=O)cc(C(F)(F)F)n(C)c2=O)c(F)cc1C#N. The molecule has 204 valence electrons. The fraction of sp³-hybridized carbons (Fsp3) is 0.200. The van der Waals surface area contributed by atoms with Gasteiger partial charge in [-0.1, -0.05) is 29.8 Å². The van der Waals surface area contributed by atoms with Gasteiger partial charge in [-0.3, -0.25) is 14.2 Å². The number of nitrogens with zero attached hydrogens (tertiary/aromatic N) is 4. The number of hydrogen-bond acceptors (Lipinski definition) is 6. The number of benzene rings is 2. The monoisotopic (exact) mass is 564 g/mol. The van der Waals surface area contributed by atoms with Crippen LogP contribution in [0.5, 0.6) is 0 Å². The van der Waals surface area contributed by atoms with Gasteiger partial charge in [-0.2, -0.15) is 18.4 Å². The molecule has 9 nitrogen and oxygen atoms in total. The molecule has 0 spiro atoms. The number of anilines is 1. The van der Waals surface area contributed by atoms with Crippen LogP contribution in [0.15, 0.2) is 58.1 Å². The highest BCUT2D eigenvalue weighted by Crippen LogP contribution is 2.30. The zero-order chi connectivity index (χ0) is 29.3. The molecule has 3 rings (SSSR count). The van der Waals surface area contributed by atoms with Gasteiger partial charge in [0.2, 0.25) is 10.0 Å². The van der Waals surface area contributed by atoms with E-state index in [1.807, 2.05) is 0 Å². The van der Waals surface area contributed by atoms with Gasteiger partial charge in [-0.05, 0) is 37.6 Å². The lowest BCUT2D eigenvalue weighted by Crippen LogP contribution is -2.41. The Morgan fingerprint density at radius 1 is 1.15 bits per heavy atom. The molecular formula is C25H20F4N4O5S. The van der Waals surface area contributed by atoms with E-state index >= 15 is 4.39 Å². The summed E-state index contributed by atoms with van der Waals surface area (Å²) in [6.45, 7) is 2.99. The van der Waals surface area contributed by atoms with Crippen molar-refractivity contribution < 1.29 is 30.8 Å². The highest BCUT2D eigenvalue weighted by Gasteiger charge is 2.36. The molecular weight excluding hydrogens is 544 g/mol. The number of rotatable bonds is 6. The van der Waals surface area contributed by atoms with E-state index in [2.05, 4.69) is 0 Å². The van der Waals surface area contributed by atoms with E-state index < -0.39 is 67.6 Å². The Hall–Kier alpha value is -4.51. The van der Waals surface area contributed by atoms with Crippen molar-refractivity contribution in [3.8, 4) is 11.8 Å². The Kier molecular flexibility index (Phi) is 7.97. The summed E-state index contributed by atoms with van der Waals surface area (Å²) in [5, 5.41) is 9.56. The van der Waals surface area contributed by atoms with Gasteiger partial charge in [-0.15, -0.1) is 0 Å². The molecule has 0 N–H and O–H groups in total. The topological polar surface area (TPSA) is 122 Å². The van der Waals surface area contributed by atoms with Crippen molar-refractivity contribution in [2.45, 2.75) is 20.0 Å². The van der Waals surface area contributed by atoms with E-state index in [9.17, 15) is 41.2 Å². The molecule has 0 atom stereocenters. The first kappa shape index (κ1) is 29.1. The largest absolute Gasteiger partial charge is 0.431 e. The predicted octanol–water partition coefficient (Wildman–Crippen LogP) is 3.27. The predicted molar refractivity (Wildman–Crippen MR) is 134 cm³/mol. The number of alkyl halides is 3. The molecule has 0 aliphatic rings. The molecule has 0 saturated heterocycles. The van der Waals surface area contributed by atoms with E-state index in [0.29, 0.717) is 24.7 Å². The number of amides is 1. The zero-order valence-electron chi connectivity index (χ0n) is 20.7. The molecule has 0 aliphatic carbocycles. The van der Waals surface area contributed by atoms with E-state index in [1.54, 1.807) is 37.3 Å². The van der Waals surface area contributed by atoms with Crippen LogP contribution in [0.1, 0.15) is 29.3 Å². The van der Waals surface area contributed by atoms with Crippen molar-refractivity contribution in [1.29, 1.82) is 5.26 Å². The second-order valence-corrected chi connectivity index (χ2v) is 10.3. The van der Waals surface area contributed by atoms with Crippen LogP contribution in [0.4, 0.5) is 23.2 Å². The van der Waals surface area contributed by atoms with Crippen LogP contribution in [0.25, 0.3) is 11.8 Å². The summed E-state index contributed by atoms with van der Waals surface area (Å²) < 4.78 is 81.0. The minimum absolute atomic E-state index is 0.0407. The zero-order valence-corrected chi connectivity index (χ0v) is 21.5. The minimum Gasteiger partial charge on any atom is -0.292 e. The van der Waals surface area contributed by atoms with Crippen LogP contribution in [0.3, 0.4) is 0 Å². The molecule has 0 saturated carbocycles. The van der Waals surface area contributed by atoms with Crippen molar-refractivity contribution in [1.82, 2.24) is 9.13 Å². The second kappa shape index (κ2) is 10.7. The van der Waals surface area contributed by atoms with Crippen molar-refractivity contribution in [2.75, 3.05) is 10.1 Å². The van der Waals surface area contributed by atoms with Gasteiger partial charge in [-0.25, -0.2) is 26.5 Å². The summed E-state index contributed by atoms with van der Waals surface area (Å²) in [5.74, 6) is -3.21. The van der Waals surface area contributed by atoms with Crippen LogP contribution >= 0.6 is 0 Å². The Balaban J connectivity index is 2.30. The maximum Gasteiger partial charge on any atom is 0.431 e. The Morgan fingerprint density at radius 3 is 2.38 bits per heavy atom. The number of halogens is 4. The summed E-state index contributed by atoms with van der Waals surface area (Å²) in [4.78, 5) is 38.4. The standard InChI is InChI=1S/C25H20F4N4O5S/c1-4-39(37,38)33(22(34)9-8-16-7-5-6-15(2)10-16)19-12-20(18(26)11-17(19)14-30)32-23(35)13-21(25(27,28)29)31(3)24(32)36/h5-13H,4H2,1-3H3/b9-8+. The highest BCUT2D eigenvalue weighted by molar-refractivity contribution is 7.93. The van der Waals surface area contributed by atoms with Gasteiger partial charge in [0.1, 0.15) is 17.6 Å². The molecule has 2 aromatic carbocycles. The van der Waals surface area contributed by atoms with Gasteiger partial charge >= 0.3 is 11.9 Å². The van der Waals surface area contributed by atoms with Crippen LogP contribution < -0.4 is 15.6 Å². The molecule has 0 aliphatic heterocycles. The summed E-state index contributed by atoms with van der Waals surface area (Å²) in [6.07, 6.45) is -2.88. The second-order valence-electron chi connectivity index (χ2n) is 8.23. The third-order valence-electron chi connectivity index (χ3n) is 5.56. The fourth-order valence-corrected chi connectivity index (χ4v) is 4.69. The van der Waals surface area contributed by atoms with Crippen LogP contribution in [0.2, 0.25) is 0 Å². The van der Waals surface area contributed by atoms with Gasteiger partial charge in [0.15, 0.2) is 0 Å². The lowest BCUT2D eigenvalue weighted by atomic mass is 10.1. The molecule has 3 aromatic rings. The smallest absolute Gasteiger partial charge is 0.292 e. The number of aryl methyl sites for hydroxylation is 1. The molecule has 0 bridgehead atoms. The number of aromatic nitrogens is 2. The number of hydrogen-bond donors (Lipinski definition) is 0. The van der Waals surface area contributed by atoms with E-state index in [1.165, 1.54) is 13.0 Å². The molecule has 14 heteroatoms. The third-order valence-corrected chi connectivity index (χ3v) is 7.22. The average Bonchev–Trinajstić information content (AvgIpc) is 2.85. The molecule has 0 radical (unpaired) electrons. The van der Waals surface area contributed by atoms with Gasteiger partial charge in [0.25, 0.3) is 11.5 Å². The summed E-state index contributed by atoms with van der Waals surface area (Å²) >= 11 is 0. The van der Waals surface area contributed by atoms with E-state index in [0.717, 1.165) is 11.6 Å². The Labute approximate surface area is 219 Å². The van der Waals surface area contributed by atoms with Crippen molar-refractivity contribution in [3.05, 3.63) is 97.6 Å². The van der Waals surface area contributed by atoms with Crippen LogP contribution in [0, 0.1) is 24.1 Å². The fourth-order valence-electron chi connectivity index (χ4n) is 3.64. The lowest BCUT2D eigenvalue weighted by molar-refractivity contribution is -0.144. The van der Waals surface area contributed by atoms with Crippen molar-refractivity contribution >= 4 is 27.7 Å². The molecule has 1 amide bonds. The number of carbonyl (C=O) groups excluding carboxylic acids is 1. The number of sulfonamides is 1. The molecule has 1 aromatic heterocycles. The first-order valence-electron chi connectivity index (χ1n) is 11.1. The highest BCUT2D eigenvalue weighted by atomic mass is 32.2. The maximum atomic E-state index is 15.0. The normalized spacial score (nSPS) is 11.9. The quantitative estimate of drug-likeness (QED) is 0.335. The van der Waals surface area contributed by atoms with Gasteiger partial charge in [0.05, 0.1) is 22.7 Å². The minimum atomic E-state index is -5.08. The number of carbonyl (C=O) groups is 1. The summed E-state index contributed by atoms with van der Waals surface area (Å²) in [7, 11) is -3.78. The Bertz CT molecular complexity index is 1770. The van der Waals surface area contributed by atoms with Crippen LogP contribution in [-0.4, -0.2) is 29.2 Å². The maximum absolute atomic E-state index is 15.0. The summed E-state index contributed by atoms with van der Waals surface area (Å²) in [6, 6.07) is 9.50. The molecule has 0 fully saturated rings. The first-order valence-corrected chi connectivity index (χ1v) is 12.7. The first-order chi connectivity index (χ1) is 18.1. The summed E-state index contributed by atoms with van der Waals surface area (Å²) in [5.41, 5.74) is -5.70. The van der Waals surface area contributed by atoms with Gasteiger partial charge < -0.3 is 0 Å². The lowest BCUT2D eigenvalue weighted by Gasteiger charge is -2.23. The molecule has 0 unspecified atom stereocenters. The van der Waals surface area contributed by atoms with Crippen molar-refractivity contribution in [3.63, 3.8) is 0 Å². The Morgan fingerprint density at radius 2 is 1.82 bits per heavy atom. The molecule has 39 heavy (non-hydrogen) atoms.